The van der Waals surface area contributed by atoms with Crippen LogP contribution in [0.4, 0.5) is 0 Å². The van der Waals surface area contributed by atoms with Crippen LogP contribution in [0.3, 0.4) is 0 Å². The van der Waals surface area contributed by atoms with Crippen molar-refractivity contribution < 1.29 is 9.53 Å². The molecule has 1 aliphatic carbocycles. The van der Waals surface area contributed by atoms with Gasteiger partial charge in [-0.05, 0) is 19.8 Å². The van der Waals surface area contributed by atoms with E-state index >= 15 is 0 Å². The Labute approximate surface area is 93.4 Å². The Bertz CT molecular complexity index is 429. The third kappa shape index (κ3) is 2.18. The summed E-state index contributed by atoms with van der Waals surface area (Å²) in [6.45, 7) is 2.05. The van der Waals surface area contributed by atoms with Crippen molar-refractivity contribution in [2.24, 2.45) is 0 Å². The molecule has 0 atom stereocenters. The summed E-state index contributed by atoms with van der Waals surface area (Å²) in [6, 6.07) is 1.59. The van der Waals surface area contributed by atoms with Crippen LogP contribution < -0.4 is 5.56 Å². The van der Waals surface area contributed by atoms with E-state index in [4.69, 9.17) is 4.74 Å². The molecule has 16 heavy (non-hydrogen) atoms. The highest BCUT2D eigenvalue weighted by molar-refractivity contribution is 5.68. The van der Waals surface area contributed by atoms with E-state index in [-0.39, 0.29) is 18.1 Å². The molecule has 0 bridgehead atoms. The van der Waals surface area contributed by atoms with Gasteiger partial charge in [0.05, 0.1) is 6.61 Å². The first-order chi connectivity index (χ1) is 7.70. The minimum absolute atomic E-state index is 0.0284. The second-order valence-electron chi connectivity index (χ2n) is 4.07. The van der Waals surface area contributed by atoms with Gasteiger partial charge in [0.2, 0.25) is 0 Å². The number of hydrogen-bond acceptors (Lipinski definition) is 3. The van der Waals surface area contributed by atoms with Crippen LogP contribution >= 0.6 is 0 Å². The molecule has 1 saturated carbocycles. The standard InChI is InChI=1S/C11H16N2O3/c1-2-16-11(15)7-13-10(14)6-9(12-13)8-4-3-5-8/h6,8,12H,2-5,7H2,1H3. The lowest BCUT2D eigenvalue weighted by molar-refractivity contribution is -0.144. The zero-order chi connectivity index (χ0) is 11.5. The van der Waals surface area contributed by atoms with Crippen molar-refractivity contribution in [3.05, 3.63) is 22.1 Å². The topological polar surface area (TPSA) is 64.1 Å². The quantitative estimate of drug-likeness (QED) is 0.776. The van der Waals surface area contributed by atoms with Crippen molar-refractivity contribution in [2.75, 3.05) is 6.61 Å². The van der Waals surface area contributed by atoms with Crippen molar-refractivity contribution in [1.29, 1.82) is 0 Å². The Morgan fingerprint density at radius 2 is 2.38 bits per heavy atom. The first kappa shape index (κ1) is 11.0. The van der Waals surface area contributed by atoms with Crippen molar-refractivity contribution in [1.82, 2.24) is 9.78 Å². The van der Waals surface area contributed by atoms with Crippen molar-refractivity contribution >= 4 is 5.97 Å². The fourth-order valence-electron chi connectivity index (χ4n) is 1.84. The zero-order valence-corrected chi connectivity index (χ0v) is 9.36. The van der Waals surface area contributed by atoms with Crippen LogP contribution in [0.25, 0.3) is 0 Å². The molecule has 0 saturated heterocycles. The molecule has 1 aromatic rings. The van der Waals surface area contributed by atoms with Gasteiger partial charge in [-0.25, -0.2) is 4.68 Å². The molecule has 1 N–H and O–H groups in total. The van der Waals surface area contributed by atoms with E-state index in [1.807, 2.05) is 0 Å². The van der Waals surface area contributed by atoms with Gasteiger partial charge in [-0.3, -0.25) is 14.7 Å². The molecule has 0 unspecified atom stereocenters. The number of esters is 1. The fraction of sp³-hybridized carbons (Fsp3) is 0.636. The lowest BCUT2D eigenvalue weighted by atomic mass is 9.83. The Morgan fingerprint density at radius 1 is 1.62 bits per heavy atom. The Balaban J connectivity index is 2.06. The molecule has 0 spiro atoms. The lowest BCUT2D eigenvalue weighted by Crippen LogP contribution is -2.23. The van der Waals surface area contributed by atoms with E-state index in [1.165, 1.54) is 11.1 Å². The third-order valence-electron chi connectivity index (χ3n) is 2.95. The van der Waals surface area contributed by atoms with Crippen LogP contribution in [0.2, 0.25) is 0 Å². The maximum absolute atomic E-state index is 11.5. The number of nitrogens with zero attached hydrogens (tertiary/aromatic N) is 1. The van der Waals surface area contributed by atoms with Gasteiger partial charge in [0.1, 0.15) is 6.54 Å². The highest BCUT2D eigenvalue weighted by Gasteiger charge is 2.22. The Kier molecular flexibility index (Phi) is 3.12. The summed E-state index contributed by atoms with van der Waals surface area (Å²) in [5.74, 6) is 0.0859. The summed E-state index contributed by atoms with van der Waals surface area (Å²) in [6.07, 6.45) is 3.47. The molecular formula is C11H16N2O3. The second kappa shape index (κ2) is 4.55. The molecular weight excluding hydrogens is 208 g/mol. The van der Waals surface area contributed by atoms with E-state index in [0.29, 0.717) is 12.5 Å². The number of ether oxygens (including phenoxy) is 1. The number of carbonyl (C=O) groups excluding carboxylic acids is 1. The van der Waals surface area contributed by atoms with Gasteiger partial charge >= 0.3 is 5.97 Å². The zero-order valence-electron chi connectivity index (χ0n) is 9.36. The molecule has 2 rings (SSSR count). The molecule has 0 amide bonds. The number of rotatable bonds is 4. The molecule has 88 valence electrons. The monoisotopic (exact) mass is 224 g/mol. The SMILES string of the molecule is CCOC(=O)Cn1[nH]c(C2CCC2)cc1=O. The van der Waals surface area contributed by atoms with Gasteiger partial charge in [0.15, 0.2) is 0 Å². The van der Waals surface area contributed by atoms with Gasteiger partial charge in [-0.15, -0.1) is 0 Å². The Morgan fingerprint density at radius 3 is 2.94 bits per heavy atom. The van der Waals surface area contributed by atoms with E-state index in [9.17, 15) is 9.59 Å². The maximum Gasteiger partial charge on any atom is 0.327 e. The molecule has 1 fully saturated rings. The molecule has 0 aromatic carbocycles. The summed E-state index contributed by atoms with van der Waals surface area (Å²) < 4.78 is 6.10. The molecule has 5 nitrogen and oxygen atoms in total. The minimum Gasteiger partial charge on any atom is -0.465 e. The molecule has 5 heteroatoms. The first-order valence-corrected chi connectivity index (χ1v) is 5.66. The van der Waals surface area contributed by atoms with E-state index < -0.39 is 0 Å². The second-order valence-corrected chi connectivity index (χ2v) is 4.07. The van der Waals surface area contributed by atoms with Crippen LogP contribution in [-0.4, -0.2) is 22.4 Å². The predicted molar refractivity (Wildman–Crippen MR) is 58.3 cm³/mol. The number of H-pyrrole nitrogens is 1. The average Bonchev–Trinajstić information content (AvgIpc) is 2.44. The fourth-order valence-corrected chi connectivity index (χ4v) is 1.84. The number of carbonyl (C=O) groups is 1. The number of nitrogens with one attached hydrogen (secondary N) is 1. The van der Waals surface area contributed by atoms with Gasteiger partial charge in [-0.2, -0.15) is 0 Å². The summed E-state index contributed by atoms with van der Waals surface area (Å²) in [5.41, 5.74) is 0.788. The van der Waals surface area contributed by atoms with Gasteiger partial charge < -0.3 is 4.74 Å². The molecule has 1 heterocycles. The third-order valence-corrected chi connectivity index (χ3v) is 2.95. The summed E-state index contributed by atoms with van der Waals surface area (Å²) >= 11 is 0. The van der Waals surface area contributed by atoms with Crippen molar-refractivity contribution in [2.45, 2.75) is 38.6 Å². The van der Waals surface area contributed by atoms with Crippen LogP contribution in [0.1, 0.15) is 37.8 Å². The highest BCUT2D eigenvalue weighted by Crippen LogP contribution is 2.34. The minimum atomic E-state index is -0.383. The summed E-state index contributed by atoms with van der Waals surface area (Å²) in [5, 5.41) is 2.98. The van der Waals surface area contributed by atoms with E-state index in [1.54, 1.807) is 13.0 Å². The van der Waals surface area contributed by atoms with Crippen molar-refractivity contribution in [3.8, 4) is 0 Å². The predicted octanol–water partition coefficient (Wildman–Crippen LogP) is 1.01. The number of aromatic amines is 1. The molecule has 1 aromatic heterocycles. The van der Waals surface area contributed by atoms with E-state index in [2.05, 4.69) is 5.10 Å². The molecule has 0 radical (unpaired) electrons. The largest absolute Gasteiger partial charge is 0.465 e. The molecule has 1 aliphatic rings. The van der Waals surface area contributed by atoms with Gasteiger partial charge in [-0.1, -0.05) is 6.42 Å². The van der Waals surface area contributed by atoms with Gasteiger partial charge in [0, 0.05) is 17.7 Å². The smallest absolute Gasteiger partial charge is 0.327 e. The van der Waals surface area contributed by atoms with Crippen LogP contribution in [0.5, 0.6) is 0 Å². The first-order valence-electron chi connectivity index (χ1n) is 5.66. The average molecular weight is 224 g/mol. The molecule has 0 aliphatic heterocycles. The summed E-state index contributed by atoms with van der Waals surface area (Å²) in [7, 11) is 0. The Hall–Kier alpha value is -1.52. The maximum atomic E-state index is 11.5. The summed E-state index contributed by atoms with van der Waals surface area (Å²) in [4.78, 5) is 22.8. The number of hydrogen-bond donors (Lipinski definition) is 1. The highest BCUT2D eigenvalue weighted by atomic mass is 16.5. The van der Waals surface area contributed by atoms with Crippen molar-refractivity contribution in [3.63, 3.8) is 0 Å². The van der Waals surface area contributed by atoms with Crippen LogP contribution in [0.15, 0.2) is 10.9 Å². The lowest BCUT2D eigenvalue weighted by Gasteiger charge is -2.23. The van der Waals surface area contributed by atoms with E-state index in [0.717, 1.165) is 18.5 Å². The van der Waals surface area contributed by atoms with Crippen LogP contribution in [-0.2, 0) is 16.1 Å². The normalized spacial score (nSPS) is 15.8. The van der Waals surface area contributed by atoms with Gasteiger partial charge in [0.25, 0.3) is 5.56 Å². The van der Waals surface area contributed by atoms with Crippen LogP contribution in [0, 0.1) is 0 Å². The number of aromatic nitrogens is 2.